The van der Waals surface area contributed by atoms with Crippen molar-refractivity contribution in [1.29, 1.82) is 0 Å². The number of piperidine rings is 1. The number of rotatable bonds is 5. The van der Waals surface area contributed by atoms with Crippen LogP contribution in [0, 0.1) is 0 Å². The van der Waals surface area contributed by atoms with Gasteiger partial charge in [-0.25, -0.2) is 0 Å². The first-order chi connectivity index (χ1) is 10.1. The zero-order valence-electron chi connectivity index (χ0n) is 13.5. The van der Waals surface area contributed by atoms with Crippen LogP contribution in [0.2, 0.25) is 0 Å². The molecule has 22 heavy (non-hydrogen) atoms. The minimum Gasteiger partial charge on any atom is -0.329 e. The second-order valence-corrected chi connectivity index (χ2v) is 6.18. The van der Waals surface area contributed by atoms with Crippen LogP contribution in [0.25, 0.3) is 0 Å². The molecule has 124 valence electrons. The van der Waals surface area contributed by atoms with Crippen molar-refractivity contribution >= 4 is 24.0 Å². The van der Waals surface area contributed by atoms with E-state index in [0.29, 0.717) is 25.0 Å². The zero-order chi connectivity index (χ0) is 15.2. The Morgan fingerprint density at radius 2 is 2.00 bits per heavy atom. The van der Waals surface area contributed by atoms with Gasteiger partial charge in [-0.1, -0.05) is 32.4 Å². The zero-order valence-corrected chi connectivity index (χ0v) is 14.4. The molecule has 1 atom stereocenters. The summed E-state index contributed by atoms with van der Waals surface area (Å²) in [4.78, 5) is 14.4. The fourth-order valence-electron chi connectivity index (χ4n) is 2.87. The van der Waals surface area contributed by atoms with Crippen molar-refractivity contribution < 1.29 is 4.79 Å². The van der Waals surface area contributed by atoms with Gasteiger partial charge in [-0.15, -0.1) is 12.4 Å². The number of amides is 1. The van der Waals surface area contributed by atoms with Crippen molar-refractivity contribution in [1.82, 2.24) is 4.90 Å². The number of carbonyl (C=O) groups is 1. The molecule has 0 saturated carbocycles. The molecule has 1 amide bonds. The summed E-state index contributed by atoms with van der Waals surface area (Å²) >= 11 is 0. The normalized spacial score (nSPS) is 18.8. The number of benzene rings is 1. The fourth-order valence-corrected chi connectivity index (χ4v) is 2.87. The molecule has 0 spiro atoms. The molecule has 1 aliphatic rings. The molecular weight excluding hydrogens is 298 g/mol. The van der Waals surface area contributed by atoms with Crippen LogP contribution in [0.5, 0.6) is 0 Å². The highest BCUT2D eigenvalue weighted by Crippen LogP contribution is 2.18. The summed E-state index contributed by atoms with van der Waals surface area (Å²) in [6.07, 6.45) is 3.48. The van der Waals surface area contributed by atoms with Crippen molar-refractivity contribution in [3.05, 3.63) is 29.8 Å². The summed E-state index contributed by atoms with van der Waals surface area (Å²) < 4.78 is 0. The van der Waals surface area contributed by atoms with E-state index in [1.54, 1.807) is 0 Å². The Kier molecular flexibility index (Phi) is 7.87. The summed E-state index contributed by atoms with van der Waals surface area (Å²) in [6.45, 7) is 6.37. The van der Waals surface area contributed by atoms with Crippen LogP contribution in [-0.2, 0) is 4.79 Å². The number of anilines is 1. The maximum Gasteiger partial charge on any atom is 0.238 e. The van der Waals surface area contributed by atoms with Gasteiger partial charge < -0.3 is 11.1 Å². The number of nitrogens with two attached hydrogens (primary N) is 1. The van der Waals surface area contributed by atoms with Crippen LogP contribution in [-0.4, -0.2) is 36.5 Å². The Labute approximate surface area is 139 Å². The van der Waals surface area contributed by atoms with Gasteiger partial charge in [0.05, 0.1) is 6.54 Å². The molecule has 1 heterocycles. The molecule has 0 bridgehead atoms. The number of carbonyl (C=O) groups excluding carboxylic acids is 1. The second-order valence-electron chi connectivity index (χ2n) is 6.18. The van der Waals surface area contributed by atoms with E-state index in [-0.39, 0.29) is 18.3 Å². The third-order valence-electron chi connectivity index (χ3n) is 4.23. The van der Waals surface area contributed by atoms with Crippen molar-refractivity contribution in [3.8, 4) is 0 Å². The summed E-state index contributed by atoms with van der Waals surface area (Å²) in [6, 6.07) is 8.45. The Hall–Kier alpha value is -1.10. The molecule has 1 saturated heterocycles. The summed E-state index contributed by atoms with van der Waals surface area (Å²) in [5.41, 5.74) is 7.94. The molecule has 4 nitrogen and oxygen atoms in total. The minimum absolute atomic E-state index is 0. The van der Waals surface area contributed by atoms with Gasteiger partial charge in [0.2, 0.25) is 5.91 Å². The molecule has 1 aromatic carbocycles. The molecule has 1 aliphatic heterocycles. The number of likely N-dealkylation sites (tertiary alicyclic amines) is 1. The van der Waals surface area contributed by atoms with Crippen LogP contribution in [0.15, 0.2) is 24.3 Å². The molecule has 0 radical (unpaired) electrons. The Morgan fingerprint density at radius 1 is 1.32 bits per heavy atom. The number of nitrogens with one attached hydrogen (secondary N) is 1. The number of halogens is 1. The van der Waals surface area contributed by atoms with E-state index in [2.05, 4.69) is 36.2 Å². The Morgan fingerprint density at radius 3 is 2.59 bits per heavy atom. The van der Waals surface area contributed by atoms with Gasteiger partial charge >= 0.3 is 0 Å². The Bertz CT molecular complexity index is 461. The monoisotopic (exact) mass is 325 g/mol. The van der Waals surface area contributed by atoms with E-state index in [9.17, 15) is 4.79 Å². The molecule has 2 rings (SSSR count). The van der Waals surface area contributed by atoms with E-state index in [0.717, 1.165) is 25.1 Å². The van der Waals surface area contributed by atoms with Gasteiger partial charge in [0.1, 0.15) is 0 Å². The SMILES string of the molecule is CC(C)c1ccc(NC(=O)CN2CCCCC2CN)cc1.Cl. The topological polar surface area (TPSA) is 58.4 Å². The molecule has 5 heteroatoms. The maximum absolute atomic E-state index is 12.2. The molecule has 1 fully saturated rings. The predicted molar refractivity (Wildman–Crippen MR) is 94.7 cm³/mol. The van der Waals surface area contributed by atoms with Crippen molar-refractivity contribution in [3.63, 3.8) is 0 Å². The van der Waals surface area contributed by atoms with Crippen molar-refractivity contribution in [2.24, 2.45) is 5.73 Å². The van der Waals surface area contributed by atoms with Gasteiger partial charge in [-0.05, 0) is 43.0 Å². The first kappa shape index (κ1) is 18.9. The van der Waals surface area contributed by atoms with Crippen molar-refractivity contribution in [2.45, 2.75) is 45.1 Å². The lowest BCUT2D eigenvalue weighted by Crippen LogP contribution is -2.47. The molecule has 1 unspecified atom stereocenters. The number of hydrogen-bond donors (Lipinski definition) is 2. The Balaban J connectivity index is 0.00000242. The first-order valence-electron chi connectivity index (χ1n) is 7.94. The summed E-state index contributed by atoms with van der Waals surface area (Å²) in [5.74, 6) is 0.557. The third-order valence-corrected chi connectivity index (χ3v) is 4.23. The highest BCUT2D eigenvalue weighted by Gasteiger charge is 2.22. The highest BCUT2D eigenvalue weighted by atomic mass is 35.5. The van der Waals surface area contributed by atoms with E-state index in [1.165, 1.54) is 12.0 Å². The third kappa shape index (κ3) is 5.27. The van der Waals surface area contributed by atoms with Crippen LogP contribution >= 0.6 is 12.4 Å². The van der Waals surface area contributed by atoms with Crippen molar-refractivity contribution in [2.75, 3.05) is 25.0 Å². The molecular formula is C17H28ClN3O. The van der Waals surface area contributed by atoms with Gasteiger partial charge in [-0.2, -0.15) is 0 Å². The fraction of sp³-hybridized carbons (Fsp3) is 0.588. The lowest BCUT2D eigenvalue weighted by atomic mass is 10.0. The summed E-state index contributed by atoms with van der Waals surface area (Å²) in [7, 11) is 0. The molecule has 0 aromatic heterocycles. The quantitative estimate of drug-likeness (QED) is 0.875. The predicted octanol–water partition coefficient (Wildman–Crippen LogP) is 2.98. The standard InChI is InChI=1S/C17H27N3O.ClH/c1-13(2)14-6-8-15(9-7-14)19-17(21)12-20-10-4-3-5-16(20)11-18;/h6-9,13,16H,3-5,10-12,18H2,1-2H3,(H,19,21);1H. The lowest BCUT2D eigenvalue weighted by molar-refractivity contribution is -0.118. The van der Waals surface area contributed by atoms with Gasteiger partial charge in [-0.3, -0.25) is 9.69 Å². The minimum atomic E-state index is 0. The van der Waals surface area contributed by atoms with Gasteiger partial charge in [0, 0.05) is 18.3 Å². The summed E-state index contributed by atoms with van der Waals surface area (Å²) in [5, 5.41) is 2.98. The smallest absolute Gasteiger partial charge is 0.238 e. The van der Waals surface area contributed by atoms with E-state index >= 15 is 0 Å². The van der Waals surface area contributed by atoms with Crippen LogP contribution in [0.4, 0.5) is 5.69 Å². The van der Waals surface area contributed by atoms with Gasteiger partial charge in [0.15, 0.2) is 0 Å². The molecule has 0 aliphatic carbocycles. The molecule has 1 aromatic rings. The maximum atomic E-state index is 12.2. The van der Waals surface area contributed by atoms with E-state index in [1.807, 2.05) is 12.1 Å². The second kappa shape index (κ2) is 9.13. The van der Waals surface area contributed by atoms with Crippen LogP contribution < -0.4 is 11.1 Å². The number of nitrogens with zero attached hydrogens (tertiary/aromatic N) is 1. The van der Waals surface area contributed by atoms with E-state index < -0.39 is 0 Å². The van der Waals surface area contributed by atoms with E-state index in [4.69, 9.17) is 5.73 Å². The number of hydrogen-bond acceptors (Lipinski definition) is 3. The first-order valence-corrected chi connectivity index (χ1v) is 7.94. The average Bonchev–Trinajstić information content (AvgIpc) is 2.48. The van der Waals surface area contributed by atoms with Crippen LogP contribution in [0.3, 0.4) is 0 Å². The largest absolute Gasteiger partial charge is 0.329 e. The molecule has 3 N–H and O–H groups in total. The van der Waals surface area contributed by atoms with Gasteiger partial charge in [0.25, 0.3) is 0 Å². The highest BCUT2D eigenvalue weighted by molar-refractivity contribution is 5.92. The lowest BCUT2D eigenvalue weighted by Gasteiger charge is -2.34. The average molecular weight is 326 g/mol. The van der Waals surface area contributed by atoms with Crippen LogP contribution in [0.1, 0.15) is 44.6 Å².